The van der Waals surface area contributed by atoms with Crippen molar-refractivity contribution in [3.8, 4) is 0 Å². The van der Waals surface area contributed by atoms with E-state index in [0.717, 1.165) is 11.5 Å². The van der Waals surface area contributed by atoms with E-state index >= 15 is 0 Å². The van der Waals surface area contributed by atoms with Crippen LogP contribution in [0.15, 0.2) is 12.1 Å². The van der Waals surface area contributed by atoms with Gasteiger partial charge in [-0.15, -0.1) is 0 Å². The molecule has 3 heteroatoms. The van der Waals surface area contributed by atoms with Gasteiger partial charge in [0, 0.05) is 11.5 Å². The summed E-state index contributed by atoms with van der Waals surface area (Å²) in [5, 5.41) is 0. The van der Waals surface area contributed by atoms with Gasteiger partial charge in [-0.25, -0.2) is 0 Å². The average molecular weight is 266 g/mol. The Morgan fingerprint density at radius 3 is 2.33 bits per heavy atom. The Morgan fingerprint density at radius 1 is 1.28 bits per heavy atom. The zero-order valence-electron chi connectivity index (χ0n) is 11.9. The minimum atomic E-state index is -0.125. The highest BCUT2D eigenvalue weighted by Crippen LogP contribution is 2.23. The largest absolute Gasteiger partial charge is 0.469 e. The van der Waals surface area contributed by atoms with Crippen molar-refractivity contribution < 1.29 is 9.53 Å². The second kappa shape index (κ2) is 6.83. The third kappa shape index (κ3) is 4.05. The number of esters is 1. The van der Waals surface area contributed by atoms with E-state index in [2.05, 4.69) is 32.9 Å². The quantitative estimate of drug-likeness (QED) is 0.761. The first-order valence-electron chi connectivity index (χ1n) is 6.18. The minimum absolute atomic E-state index is 0.0361. The van der Waals surface area contributed by atoms with E-state index in [-0.39, 0.29) is 11.9 Å². The molecule has 1 aromatic rings. The molecule has 100 valence electrons. The fourth-order valence-corrected chi connectivity index (χ4v) is 3.31. The number of hydrogen-bond donors (Lipinski definition) is 0. The molecule has 0 aliphatic heterocycles. The van der Waals surface area contributed by atoms with Crippen LogP contribution in [0.4, 0.5) is 0 Å². The van der Waals surface area contributed by atoms with Crippen molar-refractivity contribution in [2.24, 2.45) is 5.92 Å². The number of benzene rings is 1. The molecule has 1 atom stereocenters. The third-order valence-corrected chi connectivity index (χ3v) is 4.29. The summed E-state index contributed by atoms with van der Waals surface area (Å²) >= 11 is 1.79. The topological polar surface area (TPSA) is 26.3 Å². The second-order valence-electron chi connectivity index (χ2n) is 4.82. The van der Waals surface area contributed by atoms with E-state index in [4.69, 9.17) is 4.74 Å². The predicted molar refractivity (Wildman–Crippen MR) is 78.0 cm³/mol. The van der Waals surface area contributed by atoms with Crippen molar-refractivity contribution in [2.75, 3.05) is 12.9 Å². The molecule has 1 rings (SSSR count). The Hall–Kier alpha value is -0.960. The Balaban J connectivity index is 2.57. The smallest absolute Gasteiger partial charge is 0.309 e. The van der Waals surface area contributed by atoms with Crippen molar-refractivity contribution >= 4 is 17.7 Å². The summed E-state index contributed by atoms with van der Waals surface area (Å²) in [5.41, 5.74) is 5.38. The van der Waals surface area contributed by atoms with Gasteiger partial charge in [-0.1, -0.05) is 24.6 Å². The van der Waals surface area contributed by atoms with Crippen LogP contribution >= 0.6 is 11.8 Å². The fourth-order valence-electron chi connectivity index (χ4n) is 2.04. The number of ether oxygens (including phenoxy) is 1. The summed E-state index contributed by atoms with van der Waals surface area (Å²) in [7, 11) is 1.44. The van der Waals surface area contributed by atoms with Gasteiger partial charge < -0.3 is 4.74 Å². The highest BCUT2D eigenvalue weighted by molar-refractivity contribution is 7.98. The lowest BCUT2D eigenvalue weighted by atomic mass is 10.0. The SMILES string of the molecule is COC(=O)C(C)CSCc1c(C)cc(C)cc1C. The standard InChI is InChI=1S/C15H22O2S/c1-10-6-11(2)14(12(3)7-10)9-18-8-13(4)15(16)17-5/h6-7,13H,8-9H2,1-5H3. The monoisotopic (exact) mass is 266 g/mol. The second-order valence-corrected chi connectivity index (χ2v) is 5.85. The fraction of sp³-hybridized carbons (Fsp3) is 0.533. The molecule has 1 aromatic carbocycles. The van der Waals surface area contributed by atoms with E-state index in [1.54, 1.807) is 11.8 Å². The number of carbonyl (C=O) groups excluding carboxylic acids is 1. The lowest BCUT2D eigenvalue weighted by molar-refractivity contribution is -0.143. The number of hydrogen-bond acceptors (Lipinski definition) is 3. The molecule has 0 N–H and O–H groups in total. The number of carbonyl (C=O) groups is 1. The predicted octanol–water partition coefficient (Wildman–Crippen LogP) is 3.65. The highest BCUT2D eigenvalue weighted by atomic mass is 32.2. The Bertz CT molecular complexity index is 403. The molecular formula is C15H22O2S. The molecule has 0 saturated carbocycles. The number of aryl methyl sites for hydroxylation is 3. The van der Waals surface area contributed by atoms with Crippen molar-refractivity contribution in [3.05, 3.63) is 34.4 Å². The van der Waals surface area contributed by atoms with Crippen LogP contribution in [0.5, 0.6) is 0 Å². The van der Waals surface area contributed by atoms with Crippen LogP contribution in [-0.4, -0.2) is 18.8 Å². The summed E-state index contributed by atoms with van der Waals surface area (Å²) in [6.45, 7) is 8.34. The molecule has 0 saturated heterocycles. The van der Waals surface area contributed by atoms with Gasteiger partial charge in [0.2, 0.25) is 0 Å². The molecule has 1 unspecified atom stereocenters. The van der Waals surface area contributed by atoms with E-state index in [9.17, 15) is 4.79 Å². The zero-order valence-corrected chi connectivity index (χ0v) is 12.7. The maximum atomic E-state index is 11.3. The van der Waals surface area contributed by atoms with E-state index in [0.29, 0.717) is 0 Å². The van der Waals surface area contributed by atoms with Crippen LogP contribution < -0.4 is 0 Å². The van der Waals surface area contributed by atoms with Gasteiger partial charge in [0.05, 0.1) is 13.0 Å². The first-order valence-corrected chi connectivity index (χ1v) is 7.33. The molecule has 0 bridgehead atoms. The van der Waals surface area contributed by atoms with Crippen LogP contribution in [0.2, 0.25) is 0 Å². The maximum Gasteiger partial charge on any atom is 0.309 e. The molecule has 0 aromatic heterocycles. The number of thioether (sulfide) groups is 1. The van der Waals surface area contributed by atoms with Gasteiger partial charge in [-0.05, 0) is 37.5 Å². The lowest BCUT2D eigenvalue weighted by Gasteiger charge is -2.12. The minimum Gasteiger partial charge on any atom is -0.469 e. The van der Waals surface area contributed by atoms with Crippen molar-refractivity contribution in [3.63, 3.8) is 0 Å². The van der Waals surface area contributed by atoms with Crippen molar-refractivity contribution in [1.82, 2.24) is 0 Å². The number of rotatable bonds is 5. The third-order valence-electron chi connectivity index (χ3n) is 3.06. The summed E-state index contributed by atoms with van der Waals surface area (Å²) in [6.07, 6.45) is 0. The van der Waals surface area contributed by atoms with E-state index in [1.165, 1.54) is 29.4 Å². The van der Waals surface area contributed by atoms with Gasteiger partial charge in [0.1, 0.15) is 0 Å². The van der Waals surface area contributed by atoms with Gasteiger partial charge in [-0.2, -0.15) is 11.8 Å². The lowest BCUT2D eigenvalue weighted by Crippen LogP contribution is -2.15. The average Bonchev–Trinajstić information content (AvgIpc) is 2.31. The number of methoxy groups -OCH3 is 1. The van der Waals surface area contributed by atoms with Crippen LogP contribution in [0.1, 0.15) is 29.2 Å². The molecule has 0 spiro atoms. The van der Waals surface area contributed by atoms with Gasteiger partial charge in [0.25, 0.3) is 0 Å². The van der Waals surface area contributed by atoms with Crippen LogP contribution in [0.3, 0.4) is 0 Å². The van der Waals surface area contributed by atoms with Crippen molar-refractivity contribution in [2.45, 2.75) is 33.4 Å². The summed E-state index contributed by atoms with van der Waals surface area (Å²) in [6, 6.07) is 4.43. The van der Waals surface area contributed by atoms with Gasteiger partial charge >= 0.3 is 5.97 Å². The zero-order chi connectivity index (χ0) is 13.7. The maximum absolute atomic E-state index is 11.3. The van der Waals surface area contributed by atoms with Crippen molar-refractivity contribution in [1.29, 1.82) is 0 Å². The Morgan fingerprint density at radius 2 is 1.83 bits per heavy atom. The molecule has 0 aliphatic carbocycles. The summed E-state index contributed by atoms with van der Waals surface area (Å²) in [5.74, 6) is 1.60. The molecule has 0 fully saturated rings. The highest BCUT2D eigenvalue weighted by Gasteiger charge is 2.13. The summed E-state index contributed by atoms with van der Waals surface area (Å²) < 4.78 is 4.73. The van der Waals surface area contributed by atoms with Gasteiger partial charge in [-0.3, -0.25) is 4.79 Å². The molecule has 2 nitrogen and oxygen atoms in total. The van der Waals surface area contributed by atoms with E-state index < -0.39 is 0 Å². The van der Waals surface area contributed by atoms with Crippen LogP contribution in [0.25, 0.3) is 0 Å². The molecule has 0 amide bonds. The van der Waals surface area contributed by atoms with Crippen LogP contribution in [0, 0.1) is 26.7 Å². The molecule has 0 aliphatic rings. The van der Waals surface area contributed by atoms with Gasteiger partial charge in [0.15, 0.2) is 0 Å². The molecule has 0 radical (unpaired) electrons. The molecular weight excluding hydrogens is 244 g/mol. The summed E-state index contributed by atoms with van der Waals surface area (Å²) in [4.78, 5) is 11.3. The Kier molecular flexibility index (Phi) is 5.73. The first-order chi connectivity index (χ1) is 8.45. The molecule has 18 heavy (non-hydrogen) atoms. The molecule has 0 heterocycles. The Labute approximate surface area is 114 Å². The normalized spacial score (nSPS) is 12.3. The first kappa shape index (κ1) is 15.1. The van der Waals surface area contributed by atoms with Crippen LogP contribution in [-0.2, 0) is 15.3 Å². The van der Waals surface area contributed by atoms with E-state index in [1.807, 2.05) is 6.92 Å².